The Kier molecular flexibility index (Phi) is 18.3. The third-order valence-electron chi connectivity index (χ3n) is 12.5. The Morgan fingerprint density at radius 2 is 1.24 bits per heavy atom. The second kappa shape index (κ2) is 25.3. The average Bonchev–Trinajstić information content (AvgIpc) is 4.44. The Bertz CT molecular complexity index is 3600. The number of carboxylic acid groups (broad SMARTS) is 1. The van der Waals surface area contributed by atoms with Gasteiger partial charge in [0.25, 0.3) is 23.6 Å². The Hall–Kier alpha value is -10.2. The number of carboxylic acids is 1. The number of primary amides is 2. The lowest BCUT2D eigenvalue weighted by Crippen LogP contribution is -2.57. The molecule has 5 heterocycles. The molecule has 0 fully saturated rings. The van der Waals surface area contributed by atoms with Crippen LogP contribution in [0.1, 0.15) is 112 Å². The van der Waals surface area contributed by atoms with Gasteiger partial charge in [0.1, 0.15) is 40.7 Å². The number of aliphatic carboxylic acids is 1. The molecule has 9 N–H and O–H groups in total. The number of nitrogens with two attached hydrogens (primary N) is 2. The van der Waals surface area contributed by atoms with Crippen molar-refractivity contribution in [2.75, 3.05) is 37.5 Å². The van der Waals surface area contributed by atoms with Crippen molar-refractivity contribution in [3.8, 4) is 11.5 Å². The molecule has 6 aromatic rings. The van der Waals surface area contributed by atoms with Gasteiger partial charge in [0.05, 0.1) is 42.7 Å². The van der Waals surface area contributed by atoms with Crippen molar-refractivity contribution < 1.29 is 76.1 Å². The number of nitrogens with zero attached hydrogens (tertiary/aromatic N) is 7. The minimum atomic E-state index is -1.74. The molecule has 0 saturated heterocycles. The highest BCUT2D eigenvalue weighted by atomic mass is 16.5. The number of carbonyl (C=O) groups excluding carboxylic acids is 9. The normalized spacial score (nSPS) is 12.7. The van der Waals surface area contributed by atoms with Gasteiger partial charge in [0.2, 0.25) is 47.0 Å². The molecule has 8 amide bonds. The quantitative estimate of drug-likeness (QED) is 0.0169. The highest BCUT2D eigenvalue weighted by Crippen LogP contribution is 2.33. The number of imidazole rings is 2. The van der Waals surface area contributed by atoms with E-state index in [4.69, 9.17) is 34.5 Å². The summed E-state index contributed by atoms with van der Waals surface area (Å²) in [6, 6.07) is 4.17. The van der Waals surface area contributed by atoms with Crippen molar-refractivity contribution in [3.63, 3.8) is 0 Å². The SMILES string of the molecule is CCc1nc(C)oc1C(=O)Nc1nc2cc(C(N)=O)cc(OC)c2n1C/C=C/Cn1c(NC(=O)c2oc(C)nc2CC)nc2cc(C(N)=O)cc(OCCCOC(=O)C(C)(C)NC(=O)[C@@H](CCC(=O)O)NC(=O)CN3C(=O)C=CC3=O)c21. The number of ether oxygens (including phenoxy) is 3. The molecule has 1 atom stereocenters. The molecule has 0 spiro atoms. The van der Waals surface area contributed by atoms with E-state index in [0.717, 1.165) is 12.2 Å². The van der Waals surface area contributed by atoms with Gasteiger partial charge in [-0.2, -0.15) is 0 Å². The first-order valence-corrected chi connectivity index (χ1v) is 25.5. The van der Waals surface area contributed by atoms with E-state index in [1.807, 2.05) is 6.92 Å². The minimum Gasteiger partial charge on any atom is -0.494 e. The van der Waals surface area contributed by atoms with Crippen molar-refractivity contribution in [2.45, 2.75) is 98.3 Å². The number of esters is 1. The zero-order chi connectivity index (χ0) is 59.7. The molecule has 1 aliphatic rings. The van der Waals surface area contributed by atoms with E-state index in [-0.39, 0.29) is 107 Å². The van der Waals surface area contributed by atoms with E-state index in [0.29, 0.717) is 34.6 Å². The van der Waals surface area contributed by atoms with Crippen LogP contribution in [0.15, 0.2) is 57.4 Å². The Morgan fingerprint density at radius 1 is 0.744 bits per heavy atom. The van der Waals surface area contributed by atoms with Crippen LogP contribution in [-0.4, -0.2) is 137 Å². The third-order valence-corrected chi connectivity index (χ3v) is 12.5. The summed E-state index contributed by atoms with van der Waals surface area (Å²) >= 11 is 0. The number of aryl methyl sites for hydroxylation is 4. The molecule has 29 nitrogen and oxygen atoms in total. The van der Waals surface area contributed by atoms with E-state index >= 15 is 0 Å². The van der Waals surface area contributed by atoms with Crippen LogP contribution >= 0.6 is 0 Å². The number of hydrogen-bond acceptors (Lipinski definition) is 19. The lowest BCUT2D eigenvalue weighted by atomic mass is 10.0. The Morgan fingerprint density at radius 3 is 1.72 bits per heavy atom. The summed E-state index contributed by atoms with van der Waals surface area (Å²) < 4.78 is 31.9. The number of amides is 8. The first-order chi connectivity index (χ1) is 38.9. The third kappa shape index (κ3) is 13.6. The number of aromatic nitrogens is 6. The van der Waals surface area contributed by atoms with Crippen molar-refractivity contribution in [1.29, 1.82) is 0 Å². The first kappa shape index (κ1) is 59.4. The summed E-state index contributed by atoms with van der Waals surface area (Å²) in [5.41, 5.74) is 11.6. The summed E-state index contributed by atoms with van der Waals surface area (Å²) in [4.78, 5) is 146. The molecule has 432 valence electrons. The lowest BCUT2D eigenvalue weighted by molar-refractivity contribution is -0.153. The fraction of sp³-hybridized carbons (Fsp3) is 0.358. The van der Waals surface area contributed by atoms with Crippen LogP contribution in [-0.2, 0) is 59.4 Å². The smallest absolute Gasteiger partial charge is 0.331 e. The van der Waals surface area contributed by atoms with Crippen LogP contribution in [0.4, 0.5) is 11.9 Å². The Balaban J connectivity index is 1.13. The fourth-order valence-electron chi connectivity index (χ4n) is 8.55. The van der Waals surface area contributed by atoms with Gasteiger partial charge in [0.15, 0.2) is 11.8 Å². The van der Waals surface area contributed by atoms with Crippen LogP contribution in [0.3, 0.4) is 0 Å². The second-order valence-corrected chi connectivity index (χ2v) is 18.9. The highest BCUT2D eigenvalue weighted by Gasteiger charge is 2.36. The first-order valence-electron chi connectivity index (χ1n) is 25.5. The number of fused-ring (bicyclic) bond motifs is 2. The summed E-state index contributed by atoms with van der Waals surface area (Å²) in [6.07, 6.45) is 5.17. The summed E-state index contributed by atoms with van der Waals surface area (Å²) in [5, 5.41) is 19.6. The standard InChI is InChI=1S/C53H59N13O16/c1-8-30-43(81-26(3)56-30)48(75)61-51-59-33-21-28(45(54)72)23-35(78-7)41(33)64(51)17-10-11-18-65-42-34(60-52(65)62-49(76)44-31(9-2)57-27(4)82-44)22-29(46(55)73)24-36(42)79-19-12-20-80-50(77)53(5,6)63-47(74)32(13-16-40(70)71)58-37(67)25-66-38(68)14-15-39(66)69/h10-11,14-15,21-24,32H,8-9,12-13,16-20,25H2,1-7H3,(H2,54,72)(H2,55,73)(H,58,67)(H,63,74)(H,70,71)(H,59,61,75)(H,60,62,76)/b11-10+/t32-/m1/s1. The van der Waals surface area contributed by atoms with Gasteiger partial charge >= 0.3 is 11.9 Å². The zero-order valence-corrected chi connectivity index (χ0v) is 45.6. The molecule has 0 unspecified atom stereocenters. The van der Waals surface area contributed by atoms with Gasteiger partial charge in [-0.25, -0.2) is 24.7 Å². The number of benzene rings is 2. The summed E-state index contributed by atoms with van der Waals surface area (Å²) in [6.45, 7) is 8.23. The number of carbonyl (C=O) groups is 10. The van der Waals surface area contributed by atoms with Crippen LogP contribution in [0, 0.1) is 13.8 Å². The van der Waals surface area contributed by atoms with Crippen molar-refractivity contribution >= 4 is 93.2 Å². The molecule has 0 bridgehead atoms. The maximum Gasteiger partial charge on any atom is 0.331 e. The predicted molar refractivity (Wildman–Crippen MR) is 287 cm³/mol. The van der Waals surface area contributed by atoms with E-state index in [1.54, 1.807) is 42.1 Å². The number of rotatable bonds is 27. The fourth-order valence-corrected chi connectivity index (χ4v) is 8.55. The molecule has 4 aromatic heterocycles. The predicted octanol–water partition coefficient (Wildman–Crippen LogP) is 2.55. The van der Waals surface area contributed by atoms with Crippen LogP contribution in [0.2, 0.25) is 0 Å². The number of hydrogen-bond donors (Lipinski definition) is 7. The summed E-state index contributed by atoms with van der Waals surface area (Å²) in [7, 11) is 1.39. The molecule has 0 saturated carbocycles. The summed E-state index contributed by atoms with van der Waals surface area (Å²) in [5.74, 6) is -7.78. The van der Waals surface area contributed by atoms with Crippen molar-refractivity contribution in [1.82, 2.24) is 44.6 Å². The molecular weight excluding hydrogens is 1070 g/mol. The maximum atomic E-state index is 13.9. The van der Waals surface area contributed by atoms with Gasteiger partial charge in [-0.15, -0.1) is 0 Å². The van der Waals surface area contributed by atoms with Crippen LogP contribution in [0.5, 0.6) is 11.5 Å². The zero-order valence-electron chi connectivity index (χ0n) is 45.6. The minimum absolute atomic E-state index is 0.0134. The van der Waals surface area contributed by atoms with Gasteiger partial charge < -0.3 is 59.4 Å². The number of anilines is 2. The molecule has 0 radical (unpaired) electrons. The monoisotopic (exact) mass is 1130 g/mol. The molecule has 7 rings (SSSR count). The molecular formula is C53H59N13O16. The molecule has 29 heteroatoms. The van der Waals surface area contributed by atoms with Gasteiger partial charge in [-0.1, -0.05) is 26.0 Å². The topological polar surface area (TPSA) is 410 Å². The number of methoxy groups -OCH3 is 1. The van der Waals surface area contributed by atoms with E-state index < -0.39 is 90.2 Å². The van der Waals surface area contributed by atoms with Gasteiger partial charge in [-0.05, 0) is 57.4 Å². The Labute approximate surface area is 465 Å². The number of imide groups is 1. The van der Waals surface area contributed by atoms with Crippen LogP contribution < -0.4 is 42.2 Å². The molecule has 0 aliphatic carbocycles. The number of oxazole rings is 2. The van der Waals surface area contributed by atoms with Crippen molar-refractivity contribution in [2.24, 2.45) is 11.5 Å². The van der Waals surface area contributed by atoms with Crippen molar-refractivity contribution in [3.05, 3.63) is 94.4 Å². The van der Waals surface area contributed by atoms with Crippen LogP contribution in [0.25, 0.3) is 22.1 Å². The molecule has 82 heavy (non-hydrogen) atoms. The van der Waals surface area contributed by atoms with E-state index in [1.165, 1.54) is 45.2 Å². The second-order valence-electron chi connectivity index (χ2n) is 18.9. The highest BCUT2D eigenvalue weighted by molar-refractivity contribution is 6.14. The average molecular weight is 1130 g/mol. The number of nitrogens with one attached hydrogen (secondary N) is 4. The lowest BCUT2D eigenvalue weighted by Gasteiger charge is -2.27. The number of allylic oxidation sites excluding steroid dienone is 2. The van der Waals surface area contributed by atoms with Gasteiger partial charge in [0, 0.05) is 63.1 Å². The van der Waals surface area contributed by atoms with Gasteiger partial charge in [-0.3, -0.25) is 58.7 Å². The van der Waals surface area contributed by atoms with E-state index in [9.17, 15) is 53.1 Å². The molecule has 1 aliphatic heterocycles. The maximum absolute atomic E-state index is 13.9. The largest absolute Gasteiger partial charge is 0.494 e. The van der Waals surface area contributed by atoms with E-state index in [2.05, 4.69) is 41.2 Å². The molecule has 2 aromatic carbocycles.